The normalized spacial score (nSPS) is 30.3. The third kappa shape index (κ3) is 2.53. The molecule has 2 fully saturated rings. The Bertz CT molecular complexity index is 377. The smallest absolute Gasteiger partial charge is 0.250 e. The minimum atomic E-state index is -3.43. The molecular weight excluding hydrogens is 232 g/mol. The lowest BCUT2D eigenvalue weighted by Gasteiger charge is -2.11. The number of methoxy groups -OCH3 is 1. The summed E-state index contributed by atoms with van der Waals surface area (Å²) in [6.45, 7) is 0.581. The molecule has 16 heavy (non-hydrogen) atoms. The van der Waals surface area contributed by atoms with E-state index in [4.69, 9.17) is 4.74 Å². The molecule has 1 aliphatic carbocycles. The molecule has 7 heteroatoms. The summed E-state index contributed by atoms with van der Waals surface area (Å²) < 4.78 is 30.2. The summed E-state index contributed by atoms with van der Waals surface area (Å²) in [6, 6.07) is -0.460. The van der Waals surface area contributed by atoms with E-state index in [1.807, 2.05) is 0 Å². The molecule has 2 rings (SSSR count). The van der Waals surface area contributed by atoms with E-state index in [1.165, 1.54) is 0 Å². The van der Waals surface area contributed by atoms with Gasteiger partial charge in [0, 0.05) is 13.7 Å². The van der Waals surface area contributed by atoms with E-state index in [0.29, 0.717) is 25.8 Å². The molecule has 1 saturated carbocycles. The second-order valence-corrected chi connectivity index (χ2v) is 6.23. The highest BCUT2D eigenvalue weighted by Gasteiger charge is 2.39. The summed E-state index contributed by atoms with van der Waals surface area (Å²) in [5.74, 6) is -0.466. The molecule has 6 nitrogen and oxygen atoms in total. The summed E-state index contributed by atoms with van der Waals surface area (Å²) in [5, 5.41) is 2.57. The maximum atomic E-state index is 11.6. The predicted molar refractivity (Wildman–Crippen MR) is 57.3 cm³/mol. The van der Waals surface area contributed by atoms with E-state index in [2.05, 4.69) is 10.0 Å². The molecule has 1 saturated heterocycles. The second kappa shape index (κ2) is 4.31. The average Bonchev–Trinajstić information content (AvgIpc) is 2.97. The number of rotatable bonds is 4. The van der Waals surface area contributed by atoms with Gasteiger partial charge in [0.25, 0.3) is 5.91 Å². The molecule has 0 spiro atoms. The van der Waals surface area contributed by atoms with Crippen molar-refractivity contribution in [3.8, 4) is 0 Å². The van der Waals surface area contributed by atoms with Crippen LogP contribution in [0.4, 0.5) is 0 Å². The Balaban J connectivity index is 1.89. The van der Waals surface area contributed by atoms with Crippen LogP contribution in [0.3, 0.4) is 0 Å². The van der Waals surface area contributed by atoms with Crippen LogP contribution >= 0.6 is 0 Å². The fraction of sp³-hybridized carbons (Fsp3) is 0.889. The Morgan fingerprint density at radius 1 is 1.44 bits per heavy atom. The summed E-state index contributed by atoms with van der Waals surface area (Å²) in [7, 11) is -1.85. The van der Waals surface area contributed by atoms with Crippen LogP contribution in [0.25, 0.3) is 0 Å². The van der Waals surface area contributed by atoms with Crippen LogP contribution in [0.1, 0.15) is 19.3 Å². The summed E-state index contributed by atoms with van der Waals surface area (Å²) in [4.78, 5) is 11.6. The quantitative estimate of drug-likeness (QED) is 0.664. The van der Waals surface area contributed by atoms with Crippen LogP contribution in [-0.4, -0.2) is 45.4 Å². The fourth-order valence-electron chi connectivity index (χ4n) is 1.76. The Labute approximate surface area is 94.8 Å². The SMILES string of the molecule is COC1CNC(C(=O)NS(=O)(=O)C2CC2)C1. The minimum absolute atomic E-state index is 0.0145. The van der Waals surface area contributed by atoms with Crippen molar-refractivity contribution in [3.63, 3.8) is 0 Å². The molecule has 2 N–H and O–H groups in total. The molecule has 1 aliphatic heterocycles. The topological polar surface area (TPSA) is 84.5 Å². The monoisotopic (exact) mass is 248 g/mol. The van der Waals surface area contributed by atoms with Crippen molar-refractivity contribution < 1.29 is 17.9 Å². The molecule has 0 aromatic heterocycles. The van der Waals surface area contributed by atoms with Gasteiger partial charge in [-0.2, -0.15) is 0 Å². The second-order valence-electron chi connectivity index (χ2n) is 4.26. The predicted octanol–water partition coefficient (Wildman–Crippen LogP) is -1.03. The Kier molecular flexibility index (Phi) is 3.18. The van der Waals surface area contributed by atoms with Gasteiger partial charge in [-0.3, -0.25) is 9.52 Å². The highest BCUT2D eigenvalue weighted by Crippen LogP contribution is 2.27. The van der Waals surface area contributed by atoms with Gasteiger partial charge >= 0.3 is 0 Å². The van der Waals surface area contributed by atoms with E-state index in [-0.39, 0.29) is 11.4 Å². The third-order valence-corrected chi connectivity index (χ3v) is 4.78. The van der Waals surface area contributed by atoms with Crippen LogP contribution in [0.5, 0.6) is 0 Å². The van der Waals surface area contributed by atoms with Gasteiger partial charge in [0.1, 0.15) is 0 Å². The Hall–Kier alpha value is -0.660. The minimum Gasteiger partial charge on any atom is -0.380 e. The van der Waals surface area contributed by atoms with Gasteiger partial charge in [-0.25, -0.2) is 8.42 Å². The van der Waals surface area contributed by atoms with Gasteiger partial charge in [0.15, 0.2) is 0 Å². The van der Waals surface area contributed by atoms with E-state index in [1.54, 1.807) is 7.11 Å². The first-order valence-electron chi connectivity index (χ1n) is 5.34. The van der Waals surface area contributed by atoms with Crippen LogP contribution in [0.15, 0.2) is 0 Å². The van der Waals surface area contributed by atoms with E-state index < -0.39 is 22.0 Å². The lowest BCUT2D eigenvalue weighted by atomic mass is 10.2. The third-order valence-electron chi connectivity index (χ3n) is 2.95. The first kappa shape index (κ1) is 11.8. The van der Waals surface area contributed by atoms with Crippen molar-refractivity contribution in [2.24, 2.45) is 0 Å². The molecule has 2 atom stereocenters. The Morgan fingerprint density at radius 2 is 2.12 bits per heavy atom. The zero-order chi connectivity index (χ0) is 11.8. The maximum Gasteiger partial charge on any atom is 0.250 e. The number of nitrogens with one attached hydrogen (secondary N) is 2. The van der Waals surface area contributed by atoms with Crippen LogP contribution in [-0.2, 0) is 19.6 Å². The Morgan fingerprint density at radius 3 is 2.62 bits per heavy atom. The number of ether oxygens (including phenoxy) is 1. The van der Waals surface area contributed by atoms with Crippen molar-refractivity contribution in [2.45, 2.75) is 36.7 Å². The van der Waals surface area contributed by atoms with Gasteiger partial charge in [-0.05, 0) is 19.3 Å². The lowest BCUT2D eigenvalue weighted by Crippen LogP contribution is -2.44. The number of hydrogen-bond acceptors (Lipinski definition) is 5. The van der Waals surface area contributed by atoms with Crippen molar-refractivity contribution in [3.05, 3.63) is 0 Å². The molecule has 0 radical (unpaired) electrons. The van der Waals surface area contributed by atoms with Crippen molar-refractivity contribution in [1.82, 2.24) is 10.0 Å². The fourth-order valence-corrected chi connectivity index (χ4v) is 3.10. The highest BCUT2D eigenvalue weighted by molar-refractivity contribution is 7.90. The maximum absolute atomic E-state index is 11.6. The van der Waals surface area contributed by atoms with Crippen LogP contribution < -0.4 is 10.0 Å². The molecule has 0 bridgehead atoms. The molecule has 1 amide bonds. The van der Waals surface area contributed by atoms with Gasteiger partial charge in [0.05, 0.1) is 17.4 Å². The summed E-state index contributed by atoms with van der Waals surface area (Å²) in [6.07, 6.45) is 1.81. The molecular formula is C9H16N2O4S. The molecule has 1 heterocycles. The first-order chi connectivity index (χ1) is 7.53. The van der Waals surface area contributed by atoms with Gasteiger partial charge in [-0.1, -0.05) is 0 Å². The van der Waals surface area contributed by atoms with Crippen molar-refractivity contribution in [2.75, 3.05) is 13.7 Å². The van der Waals surface area contributed by atoms with E-state index in [9.17, 15) is 13.2 Å². The molecule has 0 aromatic rings. The van der Waals surface area contributed by atoms with Crippen molar-refractivity contribution >= 4 is 15.9 Å². The zero-order valence-corrected chi connectivity index (χ0v) is 9.92. The standard InChI is InChI=1S/C9H16N2O4S/c1-15-6-4-8(10-5-6)9(12)11-16(13,14)7-2-3-7/h6-8,10H,2-5H2,1H3,(H,11,12). The molecule has 2 unspecified atom stereocenters. The molecule has 0 aromatic carbocycles. The first-order valence-corrected chi connectivity index (χ1v) is 6.89. The van der Waals surface area contributed by atoms with E-state index >= 15 is 0 Å². The van der Waals surface area contributed by atoms with Gasteiger partial charge < -0.3 is 10.1 Å². The molecule has 2 aliphatic rings. The lowest BCUT2D eigenvalue weighted by molar-refractivity contribution is -0.121. The number of amides is 1. The average molecular weight is 248 g/mol. The number of carbonyl (C=O) groups is 1. The van der Waals surface area contributed by atoms with Gasteiger partial charge in [-0.15, -0.1) is 0 Å². The number of sulfonamides is 1. The van der Waals surface area contributed by atoms with Crippen LogP contribution in [0.2, 0.25) is 0 Å². The summed E-state index contributed by atoms with van der Waals surface area (Å²) in [5.41, 5.74) is 0. The number of carbonyl (C=O) groups excluding carboxylic acids is 1. The highest BCUT2D eigenvalue weighted by atomic mass is 32.2. The number of hydrogen-bond donors (Lipinski definition) is 2. The van der Waals surface area contributed by atoms with Crippen LogP contribution in [0, 0.1) is 0 Å². The zero-order valence-electron chi connectivity index (χ0n) is 9.10. The van der Waals surface area contributed by atoms with Crippen molar-refractivity contribution in [1.29, 1.82) is 0 Å². The van der Waals surface area contributed by atoms with E-state index in [0.717, 1.165) is 0 Å². The molecule has 92 valence electrons. The van der Waals surface area contributed by atoms with Gasteiger partial charge in [0.2, 0.25) is 10.0 Å². The summed E-state index contributed by atoms with van der Waals surface area (Å²) >= 11 is 0. The largest absolute Gasteiger partial charge is 0.380 e.